The van der Waals surface area contributed by atoms with Gasteiger partial charge in [-0.1, -0.05) is 49.0 Å². The second kappa shape index (κ2) is 12.0. The molecule has 1 heterocycles. The lowest BCUT2D eigenvalue weighted by molar-refractivity contribution is -0.148. The predicted molar refractivity (Wildman–Crippen MR) is 149 cm³/mol. The quantitative estimate of drug-likeness (QED) is 0.193. The lowest BCUT2D eigenvalue weighted by atomic mass is 10.1. The maximum absolute atomic E-state index is 12.2. The average Bonchev–Trinajstić information content (AvgIpc) is 2.89. The van der Waals surface area contributed by atoms with E-state index in [0.717, 1.165) is 23.3 Å². The first kappa shape index (κ1) is 27.2. The first-order valence-corrected chi connectivity index (χ1v) is 11.9. The number of amides is 1. The molecule has 0 aliphatic heterocycles. The minimum absolute atomic E-state index is 0.403. The van der Waals surface area contributed by atoms with Crippen LogP contribution in [0.4, 0.5) is 17.1 Å². The molecule has 1 aromatic heterocycles. The van der Waals surface area contributed by atoms with Crippen LogP contribution >= 0.6 is 0 Å². The summed E-state index contributed by atoms with van der Waals surface area (Å²) in [6, 6.07) is 19.2. The van der Waals surface area contributed by atoms with Gasteiger partial charge in [0.15, 0.2) is 0 Å². The van der Waals surface area contributed by atoms with Crippen LogP contribution in [0.15, 0.2) is 73.3 Å². The minimum atomic E-state index is -0.600. The average molecular weight is 500 g/mol. The van der Waals surface area contributed by atoms with Gasteiger partial charge in [-0.3, -0.25) is 4.79 Å². The Morgan fingerprint density at radius 1 is 1.00 bits per heavy atom. The zero-order chi connectivity index (χ0) is 27.0. The molecular weight excluding hydrogens is 466 g/mol. The molecule has 2 aromatic carbocycles. The zero-order valence-corrected chi connectivity index (χ0v) is 22.0. The summed E-state index contributed by atoms with van der Waals surface area (Å²) in [7, 11) is 3.55. The Hall–Kier alpha value is -4.39. The molecule has 7 nitrogen and oxygen atoms in total. The number of ether oxygens (including phenoxy) is 2. The van der Waals surface area contributed by atoms with Crippen molar-refractivity contribution in [3.05, 3.63) is 90.1 Å². The SMILES string of the molecule is C=Cc1nc(OCc2ccccc2)ccc1N(C)c1cccc(/C=C/C(=O)OC(C)(C)C)c1N(C)C=O. The summed E-state index contributed by atoms with van der Waals surface area (Å²) in [4.78, 5) is 32.1. The number of carbonyl (C=O) groups is 2. The zero-order valence-electron chi connectivity index (χ0n) is 22.0. The van der Waals surface area contributed by atoms with Crippen molar-refractivity contribution in [2.24, 2.45) is 0 Å². The molecule has 1 amide bonds. The number of carbonyl (C=O) groups excluding carboxylic acids is 2. The Bertz CT molecular complexity index is 1280. The largest absolute Gasteiger partial charge is 0.473 e. The maximum atomic E-state index is 12.2. The van der Waals surface area contributed by atoms with Crippen molar-refractivity contribution in [1.82, 2.24) is 4.98 Å². The van der Waals surface area contributed by atoms with Gasteiger partial charge < -0.3 is 19.3 Å². The van der Waals surface area contributed by atoms with Crippen molar-refractivity contribution >= 4 is 41.6 Å². The molecule has 0 atom stereocenters. The highest BCUT2D eigenvalue weighted by Crippen LogP contribution is 2.37. The van der Waals surface area contributed by atoms with Gasteiger partial charge in [-0.05, 0) is 50.6 Å². The number of benzene rings is 2. The first-order chi connectivity index (χ1) is 17.6. The van der Waals surface area contributed by atoms with Gasteiger partial charge in [-0.25, -0.2) is 9.78 Å². The third-order valence-corrected chi connectivity index (χ3v) is 5.38. The van der Waals surface area contributed by atoms with Gasteiger partial charge in [0.25, 0.3) is 0 Å². The van der Waals surface area contributed by atoms with Crippen molar-refractivity contribution in [3.63, 3.8) is 0 Å². The molecule has 7 heteroatoms. The van der Waals surface area contributed by atoms with Crippen molar-refractivity contribution in [1.29, 1.82) is 0 Å². The van der Waals surface area contributed by atoms with E-state index >= 15 is 0 Å². The van der Waals surface area contributed by atoms with Crippen molar-refractivity contribution in [2.45, 2.75) is 33.0 Å². The lowest BCUT2D eigenvalue weighted by Crippen LogP contribution is -2.22. The molecule has 0 aliphatic carbocycles. The predicted octanol–water partition coefficient (Wildman–Crippen LogP) is 6.02. The molecule has 0 fully saturated rings. The minimum Gasteiger partial charge on any atom is -0.473 e. The standard InChI is InChI=1S/C30H33N3O4/c1-7-24-25(17-18-27(31-24)36-20-22-12-9-8-10-13-22)33(6)26-15-11-14-23(29(26)32(5)21-34)16-19-28(35)37-30(2,3)4/h7-19,21H,1,20H2,2-6H3/b19-16+. The van der Waals surface area contributed by atoms with Crippen LogP contribution in [0.3, 0.4) is 0 Å². The fourth-order valence-electron chi connectivity index (χ4n) is 3.71. The highest BCUT2D eigenvalue weighted by molar-refractivity contribution is 5.95. The fraction of sp³-hybridized carbons (Fsp3) is 0.233. The number of rotatable bonds is 10. The van der Waals surface area contributed by atoms with Crippen LogP contribution in [0, 0.1) is 0 Å². The molecule has 0 N–H and O–H groups in total. The number of esters is 1. The van der Waals surface area contributed by atoms with Crippen LogP contribution in [0.2, 0.25) is 0 Å². The summed E-state index contributed by atoms with van der Waals surface area (Å²) in [5, 5.41) is 0. The molecule has 37 heavy (non-hydrogen) atoms. The van der Waals surface area contributed by atoms with Crippen LogP contribution < -0.4 is 14.5 Å². The van der Waals surface area contributed by atoms with Crippen LogP contribution in [0.5, 0.6) is 5.88 Å². The molecule has 0 aliphatic rings. The molecule has 3 rings (SSSR count). The molecule has 0 saturated carbocycles. The Balaban J connectivity index is 1.93. The van der Waals surface area contributed by atoms with E-state index in [1.54, 1.807) is 25.3 Å². The van der Waals surface area contributed by atoms with Gasteiger partial charge in [0.05, 0.1) is 22.8 Å². The molecule has 192 valence electrons. The molecule has 0 unspecified atom stereocenters. The van der Waals surface area contributed by atoms with E-state index in [9.17, 15) is 9.59 Å². The number of pyridine rings is 1. The van der Waals surface area contributed by atoms with E-state index in [1.807, 2.05) is 87.3 Å². The van der Waals surface area contributed by atoms with Crippen LogP contribution in [0.1, 0.15) is 37.6 Å². The number of anilines is 3. The number of hydrogen-bond acceptors (Lipinski definition) is 6. The number of nitrogens with zero attached hydrogens (tertiary/aromatic N) is 3. The summed E-state index contributed by atoms with van der Waals surface area (Å²) in [6.07, 6.45) is 5.40. The van der Waals surface area contributed by atoms with Gasteiger partial charge in [0.2, 0.25) is 12.3 Å². The topological polar surface area (TPSA) is 72.0 Å². The monoisotopic (exact) mass is 499 g/mol. The van der Waals surface area contributed by atoms with Gasteiger partial charge in [0, 0.05) is 31.8 Å². The summed E-state index contributed by atoms with van der Waals surface area (Å²) < 4.78 is 11.2. The smallest absolute Gasteiger partial charge is 0.331 e. The van der Waals surface area contributed by atoms with Crippen LogP contribution in [-0.2, 0) is 20.9 Å². The van der Waals surface area contributed by atoms with Gasteiger partial charge in [-0.2, -0.15) is 0 Å². The Kier molecular flexibility index (Phi) is 8.85. The fourth-order valence-corrected chi connectivity index (χ4v) is 3.71. The number of aromatic nitrogens is 1. The van der Waals surface area contributed by atoms with E-state index in [2.05, 4.69) is 11.6 Å². The van der Waals surface area contributed by atoms with Gasteiger partial charge in [-0.15, -0.1) is 0 Å². The highest BCUT2D eigenvalue weighted by Gasteiger charge is 2.19. The van der Waals surface area contributed by atoms with Crippen molar-refractivity contribution in [2.75, 3.05) is 23.9 Å². The summed E-state index contributed by atoms with van der Waals surface area (Å²) in [5.41, 5.74) is 3.89. The lowest BCUT2D eigenvalue weighted by Gasteiger charge is -2.27. The van der Waals surface area contributed by atoms with E-state index < -0.39 is 11.6 Å². The number of hydrogen-bond donors (Lipinski definition) is 0. The maximum Gasteiger partial charge on any atom is 0.331 e. The van der Waals surface area contributed by atoms with Gasteiger partial charge >= 0.3 is 5.97 Å². The third kappa shape index (κ3) is 7.30. The molecule has 3 aromatic rings. The van der Waals surface area contributed by atoms with Crippen LogP contribution in [0.25, 0.3) is 12.2 Å². The van der Waals surface area contributed by atoms with Crippen molar-refractivity contribution < 1.29 is 19.1 Å². The summed E-state index contributed by atoms with van der Waals surface area (Å²) >= 11 is 0. The van der Waals surface area contributed by atoms with Crippen molar-refractivity contribution in [3.8, 4) is 5.88 Å². The van der Waals surface area contributed by atoms with E-state index in [0.29, 0.717) is 29.4 Å². The third-order valence-electron chi connectivity index (χ3n) is 5.38. The Morgan fingerprint density at radius 3 is 2.38 bits per heavy atom. The molecule has 0 spiro atoms. The molecular formula is C30H33N3O4. The second-order valence-corrected chi connectivity index (χ2v) is 9.39. The second-order valence-electron chi connectivity index (χ2n) is 9.39. The summed E-state index contributed by atoms with van der Waals surface area (Å²) in [6.45, 7) is 9.75. The van der Waals surface area contributed by atoms with Crippen LogP contribution in [-0.4, -0.2) is 37.1 Å². The van der Waals surface area contributed by atoms with E-state index in [-0.39, 0.29) is 0 Å². The van der Waals surface area contributed by atoms with Gasteiger partial charge in [0.1, 0.15) is 12.2 Å². The number of para-hydroxylation sites is 1. The molecule has 0 radical (unpaired) electrons. The molecule has 0 saturated heterocycles. The normalized spacial score (nSPS) is 11.2. The molecule has 0 bridgehead atoms. The van der Waals surface area contributed by atoms with E-state index in [4.69, 9.17) is 9.47 Å². The summed E-state index contributed by atoms with van der Waals surface area (Å²) in [5.74, 6) is 0.0189. The Morgan fingerprint density at radius 2 is 1.73 bits per heavy atom. The highest BCUT2D eigenvalue weighted by atomic mass is 16.6. The Labute approximate surface area is 218 Å². The van der Waals surface area contributed by atoms with E-state index in [1.165, 1.54) is 11.0 Å². The first-order valence-electron chi connectivity index (χ1n) is 11.9.